The number of carboxylic acids is 3. The van der Waals surface area contributed by atoms with Gasteiger partial charge in [0.05, 0.1) is 16.7 Å². The largest absolute Gasteiger partial charge is 0.478 e. The summed E-state index contributed by atoms with van der Waals surface area (Å²) < 4.78 is 0. The van der Waals surface area contributed by atoms with Crippen LogP contribution in [0.15, 0.2) is 12.1 Å². The van der Waals surface area contributed by atoms with Crippen molar-refractivity contribution in [3.8, 4) is 0 Å². The van der Waals surface area contributed by atoms with E-state index in [1.165, 1.54) is 0 Å². The highest BCUT2D eigenvalue weighted by atomic mass is 16.4. The van der Waals surface area contributed by atoms with Crippen LogP contribution in [-0.4, -0.2) is 39.8 Å². The number of hydrogen-bond donors (Lipinski definition) is 4. The maximum Gasteiger partial charge on any atom is 0.336 e. The lowest BCUT2D eigenvalue weighted by atomic mass is 9.95. The van der Waals surface area contributed by atoms with E-state index in [9.17, 15) is 14.4 Å². The molecule has 7 nitrogen and oxygen atoms in total. The average molecular weight is 253 g/mol. The van der Waals surface area contributed by atoms with E-state index in [0.717, 1.165) is 12.1 Å². The predicted molar refractivity (Wildman–Crippen MR) is 60.1 cm³/mol. The highest BCUT2D eigenvalue weighted by Crippen LogP contribution is 2.19. The molecule has 0 aliphatic carbocycles. The molecule has 18 heavy (non-hydrogen) atoms. The lowest BCUT2D eigenvalue weighted by molar-refractivity contribution is 0.0694. The smallest absolute Gasteiger partial charge is 0.336 e. The quantitative estimate of drug-likeness (QED) is 0.591. The van der Waals surface area contributed by atoms with Crippen LogP contribution in [0.3, 0.4) is 0 Å². The Kier molecular flexibility index (Phi) is 4.01. The number of benzene rings is 1. The molecule has 7 heteroatoms. The Hall–Kier alpha value is -2.41. The van der Waals surface area contributed by atoms with Crippen LogP contribution < -0.4 is 5.73 Å². The Balaban J connectivity index is 3.59. The Morgan fingerprint density at radius 1 is 0.944 bits per heavy atom. The second-order valence-electron chi connectivity index (χ2n) is 3.50. The first-order valence-corrected chi connectivity index (χ1v) is 4.95. The number of rotatable bonds is 5. The molecule has 0 bridgehead atoms. The molecule has 0 fully saturated rings. The van der Waals surface area contributed by atoms with Crippen LogP contribution in [0, 0.1) is 0 Å². The standard InChI is InChI=1S/C11H11NO6/c12-2-1-6-7(10(15)16)3-5(9(13)14)4-8(6)11(17)18/h3-4H,1-2,12H2,(H,13,14)(H,15,16)(H,17,18). The number of hydrogen-bond acceptors (Lipinski definition) is 4. The van der Waals surface area contributed by atoms with Crippen LogP contribution in [0.1, 0.15) is 36.6 Å². The SMILES string of the molecule is NCCc1c(C(=O)O)cc(C(=O)O)cc1C(=O)O. The van der Waals surface area contributed by atoms with Crippen molar-refractivity contribution in [1.82, 2.24) is 0 Å². The van der Waals surface area contributed by atoms with Gasteiger partial charge in [0.1, 0.15) is 0 Å². The fraction of sp³-hybridized carbons (Fsp3) is 0.182. The van der Waals surface area contributed by atoms with Crippen LogP contribution in [0.4, 0.5) is 0 Å². The van der Waals surface area contributed by atoms with Crippen molar-refractivity contribution < 1.29 is 29.7 Å². The van der Waals surface area contributed by atoms with Gasteiger partial charge in [-0.1, -0.05) is 0 Å². The lowest BCUT2D eigenvalue weighted by Gasteiger charge is -2.10. The van der Waals surface area contributed by atoms with Crippen molar-refractivity contribution in [1.29, 1.82) is 0 Å². The van der Waals surface area contributed by atoms with Crippen LogP contribution in [0.25, 0.3) is 0 Å². The molecule has 1 aromatic rings. The summed E-state index contributed by atoms with van der Waals surface area (Å²) in [6, 6.07) is 1.87. The summed E-state index contributed by atoms with van der Waals surface area (Å²) in [7, 11) is 0. The van der Waals surface area contributed by atoms with E-state index < -0.39 is 17.9 Å². The molecule has 0 aromatic heterocycles. The van der Waals surface area contributed by atoms with E-state index in [1.54, 1.807) is 0 Å². The van der Waals surface area contributed by atoms with Crippen molar-refractivity contribution in [3.63, 3.8) is 0 Å². The molecule has 0 saturated heterocycles. The van der Waals surface area contributed by atoms with E-state index in [4.69, 9.17) is 21.1 Å². The average Bonchev–Trinajstić information content (AvgIpc) is 2.28. The minimum absolute atomic E-state index is 0.0301. The zero-order valence-electron chi connectivity index (χ0n) is 9.21. The van der Waals surface area contributed by atoms with Crippen LogP contribution in [0.5, 0.6) is 0 Å². The molecule has 0 heterocycles. The van der Waals surface area contributed by atoms with Crippen LogP contribution in [0.2, 0.25) is 0 Å². The molecule has 0 spiro atoms. The third-order valence-electron chi connectivity index (χ3n) is 2.35. The molecule has 0 radical (unpaired) electrons. The summed E-state index contributed by atoms with van der Waals surface area (Å²) in [6.07, 6.45) is 0.0448. The first-order valence-electron chi connectivity index (χ1n) is 4.95. The summed E-state index contributed by atoms with van der Waals surface area (Å²) >= 11 is 0. The first-order chi connectivity index (χ1) is 8.38. The first kappa shape index (κ1) is 13.7. The lowest BCUT2D eigenvalue weighted by Crippen LogP contribution is -2.16. The Bertz CT molecular complexity index is 487. The number of aromatic carboxylic acids is 3. The van der Waals surface area contributed by atoms with Gasteiger partial charge in [0, 0.05) is 0 Å². The van der Waals surface area contributed by atoms with E-state index in [0.29, 0.717) is 0 Å². The molecule has 0 amide bonds. The zero-order valence-corrected chi connectivity index (χ0v) is 9.21. The highest BCUT2D eigenvalue weighted by molar-refractivity contribution is 6.01. The maximum atomic E-state index is 11.0. The van der Waals surface area contributed by atoms with Crippen molar-refractivity contribution in [2.24, 2.45) is 5.73 Å². The third kappa shape index (κ3) is 2.64. The van der Waals surface area contributed by atoms with Gasteiger partial charge in [-0.2, -0.15) is 0 Å². The fourth-order valence-corrected chi connectivity index (χ4v) is 1.59. The van der Waals surface area contributed by atoms with Gasteiger partial charge >= 0.3 is 17.9 Å². The number of carbonyl (C=O) groups is 3. The van der Waals surface area contributed by atoms with Gasteiger partial charge in [-0.05, 0) is 30.7 Å². The van der Waals surface area contributed by atoms with Gasteiger partial charge in [0.25, 0.3) is 0 Å². The predicted octanol–water partition coefficient (Wildman–Crippen LogP) is 0.282. The van der Waals surface area contributed by atoms with Crippen molar-refractivity contribution in [2.45, 2.75) is 6.42 Å². The molecule has 0 saturated carbocycles. The molecule has 0 aliphatic rings. The summed E-state index contributed by atoms with van der Waals surface area (Å²) in [4.78, 5) is 32.8. The summed E-state index contributed by atoms with van der Waals surface area (Å²) in [6.45, 7) is 0.0625. The molecule has 5 N–H and O–H groups in total. The molecule has 0 atom stereocenters. The molecule has 0 aliphatic heterocycles. The number of nitrogens with two attached hydrogens (primary N) is 1. The van der Waals surface area contributed by atoms with E-state index >= 15 is 0 Å². The van der Waals surface area contributed by atoms with E-state index in [2.05, 4.69) is 0 Å². The van der Waals surface area contributed by atoms with Crippen LogP contribution >= 0.6 is 0 Å². The summed E-state index contributed by atoms with van der Waals surface area (Å²) in [5.74, 6) is -4.16. The van der Waals surface area contributed by atoms with Gasteiger partial charge in [-0.15, -0.1) is 0 Å². The van der Waals surface area contributed by atoms with E-state index in [1.807, 2.05) is 0 Å². The topological polar surface area (TPSA) is 138 Å². The fourth-order valence-electron chi connectivity index (χ4n) is 1.59. The summed E-state index contributed by atoms with van der Waals surface area (Å²) in [5, 5.41) is 26.8. The monoisotopic (exact) mass is 253 g/mol. The number of carboxylic acid groups (broad SMARTS) is 3. The molecule has 1 rings (SSSR count). The minimum Gasteiger partial charge on any atom is -0.478 e. The second kappa shape index (κ2) is 5.28. The third-order valence-corrected chi connectivity index (χ3v) is 2.35. The molecule has 1 aromatic carbocycles. The normalized spacial score (nSPS) is 10.1. The minimum atomic E-state index is -1.39. The molecular formula is C11H11NO6. The molecule has 0 unspecified atom stereocenters. The second-order valence-corrected chi connectivity index (χ2v) is 3.50. The van der Waals surface area contributed by atoms with E-state index in [-0.39, 0.29) is 35.2 Å². The van der Waals surface area contributed by atoms with Crippen molar-refractivity contribution >= 4 is 17.9 Å². The van der Waals surface area contributed by atoms with Crippen molar-refractivity contribution in [3.05, 3.63) is 34.4 Å². The van der Waals surface area contributed by atoms with Gasteiger partial charge in [-0.25, -0.2) is 14.4 Å². The Morgan fingerprint density at radius 2 is 1.39 bits per heavy atom. The summed E-state index contributed by atoms with van der Waals surface area (Å²) in [5.41, 5.74) is 4.24. The molecular weight excluding hydrogens is 242 g/mol. The van der Waals surface area contributed by atoms with Gasteiger partial charge in [0.15, 0.2) is 0 Å². The Morgan fingerprint density at radius 3 is 1.67 bits per heavy atom. The van der Waals surface area contributed by atoms with Crippen molar-refractivity contribution in [2.75, 3.05) is 6.54 Å². The zero-order chi connectivity index (χ0) is 13.9. The highest BCUT2D eigenvalue weighted by Gasteiger charge is 2.21. The van der Waals surface area contributed by atoms with Gasteiger partial charge in [-0.3, -0.25) is 0 Å². The Labute approximate surface area is 101 Å². The van der Waals surface area contributed by atoms with Gasteiger partial charge < -0.3 is 21.1 Å². The maximum absolute atomic E-state index is 11.0. The van der Waals surface area contributed by atoms with Gasteiger partial charge in [0.2, 0.25) is 0 Å². The van der Waals surface area contributed by atoms with Crippen LogP contribution in [-0.2, 0) is 6.42 Å². The molecule has 96 valence electrons.